The van der Waals surface area contributed by atoms with Gasteiger partial charge in [-0.15, -0.1) is 0 Å². The Hall–Kier alpha value is -1.15. The lowest BCUT2D eigenvalue weighted by molar-refractivity contribution is -0.165. The minimum Gasteiger partial charge on any atom is -0.462 e. The van der Waals surface area contributed by atoms with Crippen molar-refractivity contribution in [3.05, 3.63) is 0 Å². The molecule has 0 aromatic carbocycles. The smallest absolute Gasteiger partial charge is 0.323 e. The van der Waals surface area contributed by atoms with Crippen molar-refractivity contribution in [2.45, 2.75) is 32.1 Å². The SMILES string of the molecule is O=C(CS(=O)(=O)O)OCCOC(=O)C1C2CC3CC(C2)CC1C3. The Balaban J connectivity index is 1.41. The number of esters is 2. The van der Waals surface area contributed by atoms with Gasteiger partial charge in [-0.3, -0.25) is 14.1 Å². The Kier molecular flexibility index (Phi) is 4.64. The van der Waals surface area contributed by atoms with E-state index in [1.165, 1.54) is 6.42 Å². The van der Waals surface area contributed by atoms with E-state index in [1.807, 2.05) is 0 Å². The molecule has 0 radical (unpaired) electrons. The summed E-state index contributed by atoms with van der Waals surface area (Å²) < 4.78 is 39.3. The second kappa shape index (κ2) is 6.39. The number of rotatable bonds is 6. The summed E-state index contributed by atoms with van der Waals surface area (Å²) in [4.78, 5) is 23.4. The molecule has 0 aromatic heterocycles. The van der Waals surface area contributed by atoms with Gasteiger partial charge in [0.2, 0.25) is 0 Å². The zero-order valence-electron chi connectivity index (χ0n) is 12.8. The van der Waals surface area contributed by atoms with Crippen LogP contribution in [0, 0.1) is 29.6 Å². The van der Waals surface area contributed by atoms with E-state index in [0.29, 0.717) is 11.8 Å². The highest BCUT2D eigenvalue weighted by Crippen LogP contribution is 2.56. The minimum absolute atomic E-state index is 0.0312. The van der Waals surface area contributed by atoms with Gasteiger partial charge in [0.05, 0.1) is 5.92 Å². The molecule has 4 bridgehead atoms. The maximum absolute atomic E-state index is 12.3. The summed E-state index contributed by atoms with van der Waals surface area (Å²) >= 11 is 0. The Morgan fingerprint density at radius 2 is 1.43 bits per heavy atom. The molecular weight excluding hydrogens is 324 g/mol. The van der Waals surface area contributed by atoms with E-state index in [-0.39, 0.29) is 25.1 Å². The highest BCUT2D eigenvalue weighted by molar-refractivity contribution is 7.86. The maximum atomic E-state index is 12.3. The molecule has 0 atom stereocenters. The monoisotopic (exact) mass is 346 g/mol. The van der Waals surface area contributed by atoms with E-state index < -0.39 is 21.8 Å². The van der Waals surface area contributed by atoms with Crippen LogP contribution in [0.4, 0.5) is 0 Å². The Labute approximate surface area is 135 Å². The molecule has 0 spiro atoms. The second-order valence-electron chi connectivity index (χ2n) is 7.07. The Morgan fingerprint density at radius 1 is 0.913 bits per heavy atom. The van der Waals surface area contributed by atoms with Gasteiger partial charge in [-0.1, -0.05) is 0 Å². The van der Waals surface area contributed by atoms with Gasteiger partial charge in [-0.25, -0.2) is 0 Å². The van der Waals surface area contributed by atoms with Crippen LogP contribution < -0.4 is 0 Å². The number of hydrogen-bond acceptors (Lipinski definition) is 6. The lowest BCUT2D eigenvalue weighted by Crippen LogP contribution is -2.48. The van der Waals surface area contributed by atoms with Crippen LogP contribution in [0.15, 0.2) is 0 Å². The summed E-state index contributed by atoms with van der Waals surface area (Å²) in [6.07, 6.45) is 5.80. The van der Waals surface area contributed by atoms with Gasteiger partial charge in [0.15, 0.2) is 5.75 Å². The van der Waals surface area contributed by atoms with Crippen LogP contribution in [0.5, 0.6) is 0 Å². The number of carbonyl (C=O) groups excluding carboxylic acids is 2. The van der Waals surface area contributed by atoms with Crippen molar-refractivity contribution in [2.75, 3.05) is 19.0 Å². The van der Waals surface area contributed by atoms with Crippen molar-refractivity contribution in [2.24, 2.45) is 29.6 Å². The number of ether oxygens (including phenoxy) is 2. The number of carbonyl (C=O) groups is 2. The van der Waals surface area contributed by atoms with E-state index in [1.54, 1.807) is 0 Å². The Morgan fingerprint density at radius 3 is 1.96 bits per heavy atom. The first-order chi connectivity index (χ1) is 10.8. The van der Waals surface area contributed by atoms with Crippen molar-refractivity contribution in [3.63, 3.8) is 0 Å². The predicted octanol–water partition coefficient (Wildman–Crippen LogP) is 1.03. The maximum Gasteiger partial charge on any atom is 0.323 e. The molecule has 4 aliphatic carbocycles. The number of hydrogen-bond donors (Lipinski definition) is 1. The van der Waals surface area contributed by atoms with Gasteiger partial charge in [0.25, 0.3) is 10.1 Å². The zero-order chi connectivity index (χ0) is 16.6. The highest BCUT2D eigenvalue weighted by Gasteiger charge is 2.51. The molecule has 23 heavy (non-hydrogen) atoms. The molecule has 4 fully saturated rings. The van der Waals surface area contributed by atoms with Crippen molar-refractivity contribution >= 4 is 22.1 Å². The van der Waals surface area contributed by atoms with Crippen LogP contribution in [-0.2, 0) is 29.2 Å². The lowest BCUT2D eigenvalue weighted by Gasteiger charge is -2.53. The molecule has 0 unspecified atom stereocenters. The first kappa shape index (κ1) is 16.7. The summed E-state index contributed by atoms with van der Waals surface area (Å²) in [6, 6.07) is 0. The molecule has 0 aliphatic heterocycles. The molecule has 1 N–H and O–H groups in total. The van der Waals surface area contributed by atoms with Crippen LogP contribution in [0.1, 0.15) is 32.1 Å². The Bertz CT molecular complexity index is 555. The largest absolute Gasteiger partial charge is 0.462 e. The van der Waals surface area contributed by atoms with Crippen LogP contribution in [0.2, 0.25) is 0 Å². The molecule has 0 saturated heterocycles. The molecule has 7 nitrogen and oxygen atoms in total. The van der Waals surface area contributed by atoms with Crippen molar-refractivity contribution < 1.29 is 32.0 Å². The topological polar surface area (TPSA) is 107 Å². The molecular formula is C15H22O7S. The van der Waals surface area contributed by atoms with Crippen LogP contribution >= 0.6 is 0 Å². The molecule has 0 amide bonds. The first-order valence-corrected chi connectivity index (χ1v) is 9.70. The average molecular weight is 346 g/mol. The van der Waals surface area contributed by atoms with E-state index in [9.17, 15) is 18.0 Å². The van der Waals surface area contributed by atoms with E-state index in [0.717, 1.165) is 37.5 Å². The van der Waals surface area contributed by atoms with Gasteiger partial charge >= 0.3 is 11.9 Å². The summed E-state index contributed by atoms with van der Waals surface area (Å²) in [5.41, 5.74) is 0. The predicted molar refractivity (Wildman–Crippen MR) is 78.9 cm³/mol. The fraction of sp³-hybridized carbons (Fsp3) is 0.867. The van der Waals surface area contributed by atoms with Gasteiger partial charge < -0.3 is 9.47 Å². The quantitative estimate of drug-likeness (QED) is 0.435. The van der Waals surface area contributed by atoms with Gasteiger partial charge in [-0.2, -0.15) is 8.42 Å². The first-order valence-electron chi connectivity index (χ1n) is 8.09. The third-order valence-electron chi connectivity index (χ3n) is 5.39. The third-order valence-corrected chi connectivity index (χ3v) is 5.99. The summed E-state index contributed by atoms with van der Waals surface area (Å²) in [7, 11) is -4.39. The highest BCUT2D eigenvalue weighted by atomic mass is 32.2. The normalized spacial score (nSPS) is 35.1. The van der Waals surface area contributed by atoms with Crippen molar-refractivity contribution in [3.8, 4) is 0 Å². The van der Waals surface area contributed by atoms with Gasteiger partial charge in [-0.05, 0) is 55.8 Å². The van der Waals surface area contributed by atoms with Gasteiger partial charge in [0.1, 0.15) is 13.2 Å². The van der Waals surface area contributed by atoms with Crippen LogP contribution in [-0.4, -0.2) is 43.9 Å². The standard InChI is InChI=1S/C15H22O7S/c16-13(8-23(18,19)20)21-1-2-22-15(17)14-11-4-9-3-10(6-11)7-12(14)5-9/h9-12,14H,1-8H2,(H,18,19,20). The molecule has 4 saturated carbocycles. The van der Waals surface area contributed by atoms with Crippen LogP contribution in [0.3, 0.4) is 0 Å². The summed E-state index contributed by atoms with van der Waals surface area (Å²) in [5.74, 6) is 0.0305. The average Bonchev–Trinajstić information content (AvgIpc) is 2.40. The van der Waals surface area contributed by atoms with Crippen molar-refractivity contribution in [1.29, 1.82) is 0 Å². The molecule has 130 valence electrons. The van der Waals surface area contributed by atoms with E-state index in [2.05, 4.69) is 4.74 Å². The molecule has 0 aromatic rings. The van der Waals surface area contributed by atoms with Gasteiger partial charge in [0, 0.05) is 0 Å². The summed E-state index contributed by atoms with van der Waals surface area (Å²) in [6.45, 7) is -0.285. The summed E-state index contributed by atoms with van der Waals surface area (Å²) in [5, 5.41) is 0. The molecule has 4 rings (SSSR count). The fourth-order valence-electron chi connectivity index (χ4n) is 4.89. The minimum atomic E-state index is -4.39. The molecule has 8 heteroatoms. The molecule has 0 heterocycles. The van der Waals surface area contributed by atoms with E-state index >= 15 is 0 Å². The second-order valence-corrected chi connectivity index (χ2v) is 8.52. The zero-order valence-corrected chi connectivity index (χ0v) is 13.7. The lowest BCUT2D eigenvalue weighted by atomic mass is 9.52. The fourth-order valence-corrected chi connectivity index (χ4v) is 5.28. The van der Waals surface area contributed by atoms with Crippen LogP contribution in [0.25, 0.3) is 0 Å². The molecule has 4 aliphatic rings. The van der Waals surface area contributed by atoms with Crippen molar-refractivity contribution in [1.82, 2.24) is 0 Å². The van der Waals surface area contributed by atoms with E-state index in [4.69, 9.17) is 9.29 Å². The third kappa shape index (κ3) is 4.03.